The van der Waals surface area contributed by atoms with Crippen molar-refractivity contribution in [2.45, 2.75) is 6.54 Å². The number of hydrogen-bond acceptors (Lipinski definition) is 5. The van der Waals surface area contributed by atoms with Gasteiger partial charge in [-0.05, 0) is 18.2 Å². The summed E-state index contributed by atoms with van der Waals surface area (Å²) in [5, 5.41) is 3.34. The highest BCUT2D eigenvalue weighted by molar-refractivity contribution is 6.21. The second-order valence-electron chi connectivity index (χ2n) is 7.03. The van der Waals surface area contributed by atoms with Gasteiger partial charge in [-0.15, -0.1) is 0 Å². The van der Waals surface area contributed by atoms with Crippen LogP contribution in [0.1, 0.15) is 26.4 Å². The van der Waals surface area contributed by atoms with Crippen LogP contribution in [-0.2, 0) is 6.54 Å². The van der Waals surface area contributed by atoms with Gasteiger partial charge in [0.1, 0.15) is 11.5 Å². The number of carbonyl (C=O) groups is 2. The van der Waals surface area contributed by atoms with Crippen molar-refractivity contribution in [2.75, 3.05) is 14.2 Å². The summed E-state index contributed by atoms with van der Waals surface area (Å²) in [7, 11) is 3.23. The van der Waals surface area contributed by atoms with Crippen molar-refractivity contribution in [2.24, 2.45) is 0 Å². The Morgan fingerprint density at radius 1 is 0.767 bits per heavy atom. The third-order valence-electron chi connectivity index (χ3n) is 5.51. The highest BCUT2D eigenvalue weighted by Gasteiger charge is 2.36. The van der Waals surface area contributed by atoms with Gasteiger partial charge in [0.15, 0.2) is 0 Å². The van der Waals surface area contributed by atoms with E-state index in [1.807, 2.05) is 30.3 Å². The smallest absolute Gasteiger partial charge is 0.261 e. The summed E-state index contributed by atoms with van der Waals surface area (Å²) in [4.78, 5) is 31.5. The Morgan fingerprint density at radius 3 is 1.93 bits per heavy atom. The van der Waals surface area contributed by atoms with Crippen LogP contribution in [0.2, 0.25) is 0 Å². The van der Waals surface area contributed by atoms with Crippen molar-refractivity contribution in [3.8, 4) is 11.5 Å². The third kappa shape index (κ3) is 2.47. The van der Waals surface area contributed by atoms with Crippen LogP contribution in [0.15, 0.2) is 60.8 Å². The molecule has 2 amide bonds. The summed E-state index contributed by atoms with van der Waals surface area (Å²) >= 11 is 0. The molecule has 0 aliphatic carbocycles. The number of ether oxygens (including phenoxy) is 2. The van der Waals surface area contributed by atoms with E-state index in [-0.39, 0.29) is 18.4 Å². The Labute approximate surface area is 172 Å². The Hall–Kier alpha value is -3.93. The van der Waals surface area contributed by atoms with Crippen LogP contribution in [0, 0.1) is 0 Å². The predicted octanol–water partition coefficient (Wildman–Crippen LogP) is 4.20. The Bertz CT molecular complexity index is 1310. The zero-order valence-electron chi connectivity index (χ0n) is 16.5. The maximum Gasteiger partial charge on any atom is 0.261 e. The highest BCUT2D eigenvalue weighted by atomic mass is 16.5. The molecule has 0 N–H and O–H groups in total. The molecule has 148 valence electrons. The zero-order chi connectivity index (χ0) is 20.8. The average Bonchev–Trinajstić information content (AvgIpc) is 3.02. The molecule has 2 heterocycles. The number of pyridine rings is 1. The fourth-order valence-corrected chi connectivity index (χ4v) is 4.19. The van der Waals surface area contributed by atoms with Gasteiger partial charge in [0.25, 0.3) is 11.8 Å². The molecule has 4 aromatic rings. The molecule has 30 heavy (non-hydrogen) atoms. The van der Waals surface area contributed by atoms with E-state index in [4.69, 9.17) is 9.47 Å². The van der Waals surface area contributed by atoms with Crippen molar-refractivity contribution < 1.29 is 19.1 Å². The minimum Gasteiger partial charge on any atom is -0.495 e. The summed E-state index contributed by atoms with van der Waals surface area (Å²) in [6, 6.07) is 16.5. The predicted molar refractivity (Wildman–Crippen MR) is 113 cm³/mol. The van der Waals surface area contributed by atoms with Gasteiger partial charge in [0.2, 0.25) is 0 Å². The molecule has 0 fully saturated rings. The number of fused-ring (bicyclic) bond motifs is 3. The largest absolute Gasteiger partial charge is 0.495 e. The lowest BCUT2D eigenvalue weighted by atomic mass is 9.99. The van der Waals surface area contributed by atoms with Crippen LogP contribution < -0.4 is 9.47 Å². The van der Waals surface area contributed by atoms with E-state index in [0.29, 0.717) is 28.3 Å². The molecule has 6 heteroatoms. The van der Waals surface area contributed by atoms with Gasteiger partial charge in [-0.3, -0.25) is 19.5 Å². The molecule has 1 aromatic heterocycles. The summed E-state index contributed by atoms with van der Waals surface area (Å²) in [5.41, 5.74) is 1.40. The molecule has 0 radical (unpaired) electrons. The van der Waals surface area contributed by atoms with Gasteiger partial charge in [-0.1, -0.05) is 36.4 Å². The second-order valence-corrected chi connectivity index (χ2v) is 7.03. The third-order valence-corrected chi connectivity index (χ3v) is 5.51. The van der Waals surface area contributed by atoms with Crippen LogP contribution >= 0.6 is 0 Å². The average molecular weight is 398 g/mol. The first-order chi connectivity index (χ1) is 14.7. The molecule has 0 saturated heterocycles. The minimum atomic E-state index is -0.318. The number of aromatic nitrogens is 1. The Morgan fingerprint density at radius 2 is 1.33 bits per heavy atom. The van der Waals surface area contributed by atoms with E-state index in [1.165, 1.54) is 4.90 Å². The minimum absolute atomic E-state index is 0.0432. The number of imide groups is 1. The lowest BCUT2D eigenvalue weighted by molar-refractivity contribution is 0.0641. The van der Waals surface area contributed by atoms with E-state index in [0.717, 1.165) is 21.5 Å². The molecule has 1 aliphatic heterocycles. The van der Waals surface area contributed by atoms with E-state index < -0.39 is 0 Å². The monoisotopic (exact) mass is 398 g/mol. The molecule has 0 atom stereocenters. The van der Waals surface area contributed by atoms with E-state index in [2.05, 4.69) is 4.98 Å². The first kappa shape index (κ1) is 18.1. The molecule has 0 bridgehead atoms. The fourth-order valence-electron chi connectivity index (χ4n) is 4.19. The van der Waals surface area contributed by atoms with Gasteiger partial charge in [-0.25, -0.2) is 0 Å². The highest BCUT2D eigenvalue weighted by Crippen LogP contribution is 2.43. The molecule has 5 rings (SSSR count). The number of rotatable bonds is 4. The van der Waals surface area contributed by atoms with Crippen LogP contribution in [0.4, 0.5) is 0 Å². The standard InChI is InChI=1S/C24H18N2O4/c1-29-21-14-7-3-4-8-15(14)22(30-2)20-18(21)11-12-25-19(20)13-26-23(27)16-9-5-6-10-17(16)24(26)28/h3-12H,13H2,1-2H3. The topological polar surface area (TPSA) is 68.7 Å². The van der Waals surface area contributed by atoms with Gasteiger partial charge in [-0.2, -0.15) is 0 Å². The lowest BCUT2D eigenvalue weighted by Gasteiger charge is -2.19. The Kier molecular flexibility index (Phi) is 4.13. The summed E-state index contributed by atoms with van der Waals surface area (Å²) in [6.45, 7) is 0.0432. The van der Waals surface area contributed by atoms with E-state index >= 15 is 0 Å². The summed E-state index contributed by atoms with van der Waals surface area (Å²) in [6.07, 6.45) is 1.66. The van der Waals surface area contributed by atoms with Gasteiger partial charge < -0.3 is 9.47 Å². The van der Waals surface area contributed by atoms with Crippen molar-refractivity contribution in [1.29, 1.82) is 0 Å². The number of amides is 2. The van der Waals surface area contributed by atoms with Gasteiger partial charge in [0, 0.05) is 22.4 Å². The molecule has 6 nitrogen and oxygen atoms in total. The molecular formula is C24H18N2O4. The summed E-state index contributed by atoms with van der Waals surface area (Å²) < 4.78 is 11.5. The number of methoxy groups -OCH3 is 2. The van der Waals surface area contributed by atoms with Crippen molar-refractivity contribution in [3.63, 3.8) is 0 Å². The quantitative estimate of drug-likeness (QED) is 0.381. The van der Waals surface area contributed by atoms with Crippen LogP contribution in [-0.4, -0.2) is 35.9 Å². The van der Waals surface area contributed by atoms with Crippen LogP contribution in [0.5, 0.6) is 11.5 Å². The fraction of sp³-hybridized carbons (Fsp3) is 0.125. The molecule has 1 aliphatic rings. The Balaban J connectivity index is 1.73. The lowest BCUT2D eigenvalue weighted by Crippen LogP contribution is -2.29. The molecule has 0 saturated carbocycles. The first-order valence-electron chi connectivity index (χ1n) is 9.51. The molecular weight excluding hydrogens is 380 g/mol. The zero-order valence-corrected chi connectivity index (χ0v) is 16.5. The maximum absolute atomic E-state index is 12.9. The number of benzene rings is 3. The normalized spacial score (nSPS) is 13.2. The maximum atomic E-state index is 12.9. The van der Waals surface area contributed by atoms with Crippen molar-refractivity contribution >= 4 is 33.4 Å². The SMILES string of the molecule is COc1c2ccccc2c(OC)c2c(CN3C(=O)c4ccccc4C3=O)nccc12. The van der Waals surface area contributed by atoms with Crippen LogP contribution in [0.25, 0.3) is 21.5 Å². The second kappa shape index (κ2) is 6.84. The number of hydrogen-bond donors (Lipinski definition) is 0. The van der Waals surface area contributed by atoms with Crippen LogP contribution in [0.3, 0.4) is 0 Å². The molecule has 3 aromatic carbocycles. The summed E-state index contributed by atoms with van der Waals surface area (Å²) in [5.74, 6) is 0.704. The van der Waals surface area contributed by atoms with Crippen molar-refractivity contribution in [3.05, 3.63) is 77.6 Å². The first-order valence-corrected chi connectivity index (χ1v) is 9.51. The number of carbonyl (C=O) groups excluding carboxylic acids is 2. The number of nitrogens with zero attached hydrogens (tertiary/aromatic N) is 2. The molecule has 0 spiro atoms. The van der Waals surface area contributed by atoms with Crippen molar-refractivity contribution in [1.82, 2.24) is 9.88 Å². The van der Waals surface area contributed by atoms with E-state index in [9.17, 15) is 9.59 Å². The van der Waals surface area contributed by atoms with E-state index in [1.54, 1.807) is 44.7 Å². The molecule has 0 unspecified atom stereocenters. The van der Waals surface area contributed by atoms with Gasteiger partial charge in [0.05, 0.1) is 43.0 Å². The van der Waals surface area contributed by atoms with Gasteiger partial charge >= 0.3 is 0 Å².